The Hall–Kier alpha value is -4.64. The van der Waals surface area contributed by atoms with Crippen molar-refractivity contribution in [3.05, 3.63) is 81.8 Å². The molecule has 200 valence electrons. The number of fused-ring (bicyclic) bond motifs is 1. The molecule has 2 aromatic carbocycles. The molecule has 3 heterocycles. The summed E-state index contributed by atoms with van der Waals surface area (Å²) in [6, 6.07) is 13.0. The van der Waals surface area contributed by atoms with E-state index in [1.165, 1.54) is 19.1 Å². The zero-order chi connectivity index (χ0) is 28.0. The number of carbonyl (C=O) groups is 3. The van der Waals surface area contributed by atoms with E-state index in [0.29, 0.717) is 28.0 Å². The van der Waals surface area contributed by atoms with Crippen LogP contribution in [0.4, 0.5) is 10.8 Å². The van der Waals surface area contributed by atoms with E-state index in [-0.39, 0.29) is 21.3 Å². The van der Waals surface area contributed by atoms with Crippen LogP contribution in [-0.2, 0) is 9.53 Å². The van der Waals surface area contributed by atoms with E-state index in [1.807, 2.05) is 31.1 Å². The van der Waals surface area contributed by atoms with Gasteiger partial charge in [-0.15, -0.1) is 0 Å². The maximum absolute atomic E-state index is 13.9. The molecule has 0 radical (unpaired) electrons. The highest BCUT2D eigenvalue weighted by atomic mass is 32.1. The summed E-state index contributed by atoms with van der Waals surface area (Å²) >= 11 is 0.942. The van der Waals surface area contributed by atoms with E-state index in [4.69, 9.17) is 13.9 Å². The quantitative estimate of drug-likeness (QED) is 0.256. The van der Waals surface area contributed by atoms with Crippen molar-refractivity contribution < 1.29 is 33.4 Å². The average molecular weight is 548 g/mol. The second-order valence-electron chi connectivity index (χ2n) is 9.05. The van der Waals surface area contributed by atoms with Crippen LogP contribution in [0.1, 0.15) is 37.5 Å². The first-order valence-corrected chi connectivity index (χ1v) is 12.7. The minimum atomic E-state index is -1.03. The number of furan rings is 1. The molecule has 11 heteroatoms. The Morgan fingerprint density at radius 3 is 2.49 bits per heavy atom. The zero-order valence-electron chi connectivity index (χ0n) is 21.8. The summed E-state index contributed by atoms with van der Waals surface area (Å²) in [6.07, 6.45) is 0. The third kappa shape index (κ3) is 4.30. The number of ether oxygens (including phenoxy) is 2. The number of carbonyl (C=O) groups excluding carboxylic acids is 3. The number of hydrogen-bond acceptors (Lipinski definition) is 10. The fraction of sp³-hybridized carbons (Fsp3) is 0.214. The molecule has 39 heavy (non-hydrogen) atoms. The van der Waals surface area contributed by atoms with Crippen LogP contribution in [0.3, 0.4) is 0 Å². The molecule has 1 amide bonds. The number of ketones is 1. The molecule has 1 aliphatic heterocycles. The minimum Gasteiger partial charge on any atom is -0.503 e. The first-order valence-electron chi connectivity index (χ1n) is 11.9. The summed E-state index contributed by atoms with van der Waals surface area (Å²) in [7, 11) is 6.53. The maximum atomic E-state index is 13.9. The monoisotopic (exact) mass is 547 g/mol. The van der Waals surface area contributed by atoms with Crippen molar-refractivity contribution in [1.29, 1.82) is 0 Å². The molecular weight excluding hydrogens is 522 g/mol. The van der Waals surface area contributed by atoms with Gasteiger partial charge in [0, 0.05) is 25.2 Å². The number of esters is 1. The van der Waals surface area contributed by atoms with Crippen molar-refractivity contribution >= 4 is 50.8 Å². The van der Waals surface area contributed by atoms with E-state index < -0.39 is 29.5 Å². The summed E-state index contributed by atoms with van der Waals surface area (Å²) in [6.45, 7) is 1.62. The third-order valence-electron chi connectivity index (χ3n) is 6.49. The lowest BCUT2D eigenvalue weighted by atomic mass is 9.95. The van der Waals surface area contributed by atoms with Gasteiger partial charge in [-0.1, -0.05) is 35.6 Å². The van der Waals surface area contributed by atoms with E-state index >= 15 is 0 Å². The molecule has 0 bridgehead atoms. The van der Waals surface area contributed by atoms with Crippen LogP contribution in [-0.4, -0.2) is 56.1 Å². The molecule has 0 aliphatic carbocycles. The van der Waals surface area contributed by atoms with Crippen LogP contribution in [0.5, 0.6) is 5.75 Å². The Balaban J connectivity index is 1.66. The van der Waals surface area contributed by atoms with Crippen molar-refractivity contribution in [2.75, 3.05) is 38.1 Å². The first kappa shape index (κ1) is 26.0. The lowest BCUT2D eigenvalue weighted by Crippen LogP contribution is -2.31. The van der Waals surface area contributed by atoms with Gasteiger partial charge in [0.2, 0.25) is 5.78 Å². The molecule has 4 aromatic rings. The van der Waals surface area contributed by atoms with Crippen molar-refractivity contribution in [2.24, 2.45) is 0 Å². The summed E-state index contributed by atoms with van der Waals surface area (Å²) in [4.78, 5) is 47.4. The molecule has 1 unspecified atom stereocenters. The number of methoxy groups -OCH3 is 2. The number of anilines is 2. The lowest BCUT2D eigenvalue weighted by molar-refractivity contribution is -0.117. The van der Waals surface area contributed by atoms with Gasteiger partial charge in [-0.2, -0.15) is 0 Å². The highest BCUT2D eigenvalue weighted by molar-refractivity contribution is 7.17. The smallest absolute Gasteiger partial charge is 0.350 e. The van der Waals surface area contributed by atoms with Crippen molar-refractivity contribution in [2.45, 2.75) is 13.0 Å². The summed E-state index contributed by atoms with van der Waals surface area (Å²) in [5.74, 6) is -2.42. The van der Waals surface area contributed by atoms with Gasteiger partial charge in [-0.3, -0.25) is 14.5 Å². The molecule has 10 nitrogen and oxygen atoms in total. The summed E-state index contributed by atoms with van der Waals surface area (Å²) < 4.78 is 16.0. The van der Waals surface area contributed by atoms with E-state index in [0.717, 1.165) is 17.0 Å². The summed E-state index contributed by atoms with van der Waals surface area (Å²) in [5, 5.41) is 11.8. The number of aliphatic hydroxyl groups excluding tert-OH is 1. The third-order valence-corrected chi connectivity index (χ3v) is 7.63. The topological polar surface area (TPSA) is 122 Å². The van der Waals surface area contributed by atoms with Gasteiger partial charge in [0.05, 0.1) is 31.5 Å². The van der Waals surface area contributed by atoms with Gasteiger partial charge in [0.1, 0.15) is 4.88 Å². The number of Topliss-reactive ketones (excluding diaryl/α,β-unsaturated/α-hetero) is 1. The van der Waals surface area contributed by atoms with Crippen LogP contribution in [0.15, 0.2) is 64.3 Å². The van der Waals surface area contributed by atoms with Crippen molar-refractivity contribution in [1.82, 2.24) is 4.98 Å². The highest BCUT2D eigenvalue weighted by Crippen LogP contribution is 2.44. The Bertz CT molecular complexity index is 1650. The Morgan fingerprint density at radius 2 is 1.85 bits per heavy atom. The Kier molecular flexibility index (Phi) is 6.61. The standard InChI is InChI=1S/C28H25N3O7S/c1-14-25(27(35)37-5)39-28(29-14)31-21(15-9-11-17(12-10-15)30(2)3)20(23(33)26(31)34)22(32)19-13-16-7-6-8-18(36-4)24(16)38-19/h6-13,21,33H,1-5H3. The van der Waals surface area contributed by atoms with Crippen molar-refractivity contribution in [3.8, 4) is 5.75 Å². The number of nitrogens with zero attached hydrogens (tertiary/aromatic N) is 3. The molecule has 1 aliphatic rings. The fourth-order valence-electron chi connectivity index (χ4n) is 4.51. The molecule has 5 rings (SSSR count). The largest absolute Gasteiger partial charge is 0.503 e. The van der Waals surface area contributed by atoms with E-state index in [1.54, 1.807) is 43.3 Å². The second kappa shape index (κ2) is 9.91. The SMILES string of the molecule is COC(=O)c1sc(N2C(=O)C(O)=C(C(=O)c3cc4cccc(OC)c4o3)C2c2ccc(N(C)C)cc2)nc1C. The van der Waals surface area contributed by atoms with Crippen LogP contribution in [0, 0.1) is 6.92 Å². The lowest BCUT2D eigenvalue weighted by Gasteiger charge is -2.25. The number of aryl methyl sites for hydroxylation is 1. The number of aromatic nitrogens is 1. The molecule has 0 fully saturated rings. The van der Waals surface area contributed by atoms with E-state index in [2.05, 4.69) is 4.98 Å². The van der Waals surface area contributed by atoms with Crippen LogP contribution in [0.2, 0.25) is 0 Å². The number of rotatable bonds is 7. The zero-order valence-corrected chi connectivity index (χ0v) is 22.7. The second-order valence-corrected chi connectivity index (χ2v) is 10.0. The molecule has 1 N–H and O–H groups in total. The van der Waals surface area contributed by atoms with Crippen LogP contribution >= 0.6 is 11.3 Å². The number of hydrogen-bond donors (Lipinski definition) is 1. The molecule has 0 saturated heterocycles. The average Bonchev–Trinajstić information content (AvgIpc) is 3.61. The normalized spacial score (nSPS) is 15.3. The molecular formula is C28H25N3O7S. The maximum Gasteiger partial charge on any atom is 0.350 e. The van der Waals surface area contributed by atoms with Gasteiger partial charge >= 0.3 is 5.97 Å². The first-order chi connectivity index (χ1) is 18.7. The fourth-order valence-corrected chi connectivity index (χ4v) is 5.53. The summed E-state index contributed by atoms with van der Waals surface area (Å²) in [5.41, 5.74) is 2.03. The number of aliphatic hydroxyl groups is 1. The number of amides is 1. The Morgan fingerprint density at radius 1 is 1.13 bits per heavy atom. The van der Waals surface area contributed by atoms with Crippen LogP contribution < -0.4 is 14.5 Å². The van der Waals surface area contributed by atoms with Gasteiger partial charge in [0.25, 0.3) is 5.91 Å². The molecule has 0 saturated carbocycles. The van der Waals surface area contributed by atoms with Crippen molar-refractivity contribution in [3.63, 3.8) is 0 Å². The number of thiazole rings is 1. The molecule has 1 atom stereocenters. The van der Waals surface area contributed by atoms with Gasteiger partial charge in [-0.05, 0) is 36.8 Å². The van der Waals surface area contributed by atoms with Gasteiger partial charge in [-0.25, -0.2) is 9.78 Å². The van der Waals surface area contributed by atoms with E-state index in [9.17, 15) is 19.5 Å². The Labute approximate surface area is 227 Å². The molecule has 0 spiro atoms. The van der Waals surface area contributed by atoms with Gasteiger partial charge in [0.15, 0.2) is 28.0 Å². The highest BCUT2D eigenvalue weighted by Gasteiger charge is 2.47. The molecule has 2 aromatic heterocycles. The predicted molar refractivity (Wildman–Crippen MR) is 146 cm³/mol. The minimum absolute atomic E-state index is 0.0637. The van der Waals surface area contributed by atoms with Gasteiger partial charge < -0.3 is 23.9 Å². The predicted octanol–water partition coefficient (Wildman–Crippen LogP) is 4.84. The number of para-hydroxylation sites is 1. The number of benzene rings is 2. The van der Waals surface area contributed by atoms with Crippen LogP contribution in [0.25, 0.3) is 11.0 Å².